The highest BCUT2D eigenvalue weighted by molar-refractivity contribution is 5.83. The first kappa shape index (κ1) is 12.4. The topological polar surface area (TPSA) is 120 Å². The molecule has 1 aromatic carbocycles. The van der Waals surface area contributed by atoms with Crippen LogP contribution in [0.4, 0.5) is 10.5 Å². The molecule has 0 fully saturated rings. The van der Waals surface area contributed by atoms with Crippen LogP contribution in [0.2, 0.25) is 0 Å². The molecule has 0 spiro atoms. The van der Waals surface area contributed by atoms with Gasteiger partial charge in [0.05, 0.1) is 18.2 Å². The number of nitrogens with two attached hydrogens (primary N) is 1. The minimum atomic E-state index is -0.815. The monoisotopic (exact) mass is 238 g/mol. The summed E-state index contributed by atoms with van der Waals surface area (Å²) in [6, 6.07) is 3.44. The number of methoxy groups -OCH3 is 1. The van der Waals surface area contributed by atoms with E-state index in [2.05, 4.69) is 5.10 Å². The maximum absolute atomic E-state index is 10.7. The van der Waals surface area contributed by atoms with Crippen molar-refractivity contribution in [1.29, 1.82) is 0 Å². The highest BCUT2D eigenvalue weighted by Gasteiger charge is 2.14. The van der Waals surface area contributed by atoms with Crippen LogP contribution in [0, 0.1) is 10.1 Å². The largest absolute Gasteiger partial charge is 0.490 e. The number of nitro groups is 1. The fourth-order valence-corrected chi connectivity index (χ4v) is 1.10. The zero-order chi connectivity index (χ0) is 12.8. The summed E-state index contributed by atoms with van der Waals surface area (Å²) >= 11 is 0. The van der Waals surface area contributed by atoms with E-state index in [9.17, 15) is 14.9 Å². The lowest BCUT2D eigenvalue weighted by Gasteiger charge is -2.01. The molecule has 0 atom stereocenters. The highest BCUT2D eigenvalue weighted by atomic mass is 16.6. The van der Waals surface area contributed by atoms with Gasteiger partial charge in [0.1, 0.15) is 0 Å². The van der Waals surface area contributed by atoms with Gasteiger partial charge in [-0.05, 0) is 12.1 Å². The molecule has 0 aromatic heterocycles. The molecule has 2 amide bonds. The Balaban J connectivity index is 2.96. The van der Waals surface area contributed by atoms with Crippen LogP contribution >= 0.6 is 0 Å². The number of hydrazone groups is 1. The Kier molecular flexibility index (Phi) is 3.98. The third kappa shape index (κ3) is 3.45. The number of amides is 2. The van der Waals surface area contributed by atoms with Crippen molar-refractivity contribution in [1.82, 2.24) is 5.43 Å². The number of carbonyl (C=O) groups is 1. The van der Waals surface area contributed by atoms with Gasteiger partial charge >= 0.3 is 11.7 Å². The van der Waals surface area contributed by atoms with Crippen molar-refractivity contribution in [3.05, 3.63) is 33.9 Å². The van der Waals surface area contributed by atoms with Crippen LogP contribution in [0.25, 0.3) is 0 Å². The van der Waals surface area contributed by atoms with Crippen molar-refractivity contribution >= 4 is 17.9 Å². The number of ether oxygens (including phenoxy) is 1. The van der Waals surface area contributed by atoms with Gasteiger partial charge in [-0.3, -0.25) is 10.1 Å². The molecule has 90 valence electrons. The van der Waals surface area contributed by atoms with Gasteiger partial charge in [-0.25, -0.2) is 10.2 Å². The second-order valence-electron chi connectivity index (χ2n) is 2.92. The first-order chi connectivity index (χ1) is 8.04. The molecule has 1 rings (SSSR count). The highest BCUT2D eigenvalue weighted by Crippen LogP contribution is 2.26. The molecule has 0 aliphatic heterocycles. The molecular weight excluding hydrogens is 228 g/mol. The second-order valence-corrected chi connectivity index (χ2v) is 2.92. The summed E-state index contributed by atoms with van der Waals surface area (Å²) < 4.78 is 4.83. The lowest BCUT2D eigenvalue weighted by atomic mass is 10.2. The number of carbonyl (C=O) groups excluding carboxylic acids is 1. The SMILES string of the molecule is COc1ccc(/C=N/NC(N)=O)cc1[N+](=O)[O-]. The molecule has 0 radical (unpaired) electrons. The fourth-order valence-electron chi connectivity index (χ4n) is 1.10. The number of urea groups is 1. The lowest BCUT2D eigenvalue weighted by Crippen LogP contribution is -2.24. The van der Waals surface area contributed by atoms with Crippen LogP contribution in [-0.2, 0) is 0 Å². The van der Waals surface area contributed by atoms with Gasteiger partial charge in [-0.1, -0.05) is 0 Å². The van der Waals surface area contributed by atoms with Crippen molar-refractivity contribution in [2.75, 3.05) is 7.11 Å². The van der Waals surface area contributed by atoms with E-state index >= 15 is 0 Å². The molecule has 0 bridgehead atoms. The van der Waals surface area contributed by atoms with Crippen molar-refractivity contribution in [2.24, 2.45) is 10.8 Å². The van der Waals surface area contributed by atoms with E-state index in [1.54, 1.807) is 6.07 Å². The lowest BCUT2D eigenvalue weighted by molar-refractivity contribution is -0.385. The summed E-state index contributed by atoms with van der Waals surface area (Å²) in [7, 11) is 1.34. The normalized spacial score (nSPS) is 10.2. The van der Waals surface area contributed by atoms with Crippen LogP contribution in [-0.4, -0.2) is 24.3 Å². The molecule has 0 aliphatic rings. The standard InChI is InChI=1S/C9H10N4O4/c1-17-8-3-2-6(4-7(8)13(15)16)5-11-12-9(10)14/h2-5H,1H3,(H3,10,12,14)/b11-5+. The Labute approximate surface area is 96.2 Å². The van der Waals surface area contributed by atoms with Crippen LogP contribution < -0.4 is 15.9 Å². The maximum atomic E-state index is 10.7. The molecule has 0 unspecified atom stereocenters. The third-order valence-electron chi connectivity index (χ3n) is 1.79. The molecule has 3 N–H and O–H groups in total. The van der Waals surface area contributed by atoms with Gasteiger partial charge in [0.2, 0.25) is 0 Å². The van der Waals surface area contributed by atoms with Crippen LogP contribution in [0.15, 0.2) is 23.3 Å². The number of primary amides is 1. The maximum Gasteiger partial charge on any atom is 0.332 e. The molecule has 8 nitrogen and oxygen atoms in total. The molecule has 8 heteroatoms. The van der Waals surface area contributed by atoms with Gasteiger partial charge in [-0.15, -0.1) is 0 Å². The quantitative estimate of drug-likeness (QED) is 0.453. The second kappa shape index (κ2) is 5.45. The van der Waals surface area contributed by atoms with Gasteiger partial charge in [0.25, 0.3) is 0 Å². The number of hydrogen-bond acceptors (Lipinski definition) is 5. The Bertz CT molecular complexity index is 472. The minimum absolute atomic E-state index is 0.148. The number of rotatable bonds is 4. The summed E-state index contributed by atoms with van der Waals surface area (Å²) in [5.41, 5.74) is 7.02. The molecule has 0 heterocycles. The van der Waals surface area contributed by atoms with E-state index in [-0.39, 0.29) is 11.4 Å². The average molecular weight is 238 g/mol. The van der Waals surface area contributed by atoms with E-state index in [0.29, 0.717) is 5.56 Å². The zero-order valence-electron chi connectivity index (χ0n) is 8.91. The van der Waals surface area contributed by atoms with Gasteiger partial charge in [-0.2, -0.15) is 5.10 Å². The Hall–Kier alpha value is -2.64. The van der Waals surface area contributed by atoms with Crippen molar-refractivity contribution in [3.8, 4) is 5.75 Å². The van der Waals surface area contributed by atoms with Crippen LogP contribution in [0.3, 0.4) is 0 Å². The van der Waals surface area contributed by atoms with Crippen molar-refractivity contribution in [2.45, 2.75) is 0 Å². The smallest absolute Gasteiger partial charge is 0.332 e. The number of nitrogens with zero attached hydrogens (tertiary/aromatic N) is 2. The molecule has 0 saturated carbocycles. The first-order valence-electron chi connectivity index (χ1n) is 4.45. The van der Waals surface area contributed by atoms with Crippen LogP contribution in [0.5, 0.6) is 5.75 Å². The van der Waals surface area contributed by atoms with Gasteiger partial charge in [0, 0.05) is 11.6 Å². The van der Waals surface area contributed by atoms with Crippen molar-refractivity contribution < 1.29 is 14.5 Å². The minimum Gasteiger partial charge on any atom is -0.490 e. The molecule has 0 saturated heterocycles. The summed E-state index contributed by atoms with van der Waals surface area (Å²) in [5, 5.41) is 14.2. The zero-order valence-corrected chi connectivity index (χ0v) is 8.91. The van der Waals surface area contributed by atoms with Gasteiger partial charge < -0.3 is 10.5 Å². The number of nitro benzene ring substituents is 1. The number of hydrogen-bond donors (Lipinski definition) is 2. The Morgan fingerprint density at radius 2 is 2.35 bits per heavy atom. The summed E-state index contributed by atoms with van der Waals surface area (Å²) in [6.45, 7) is 0. The number of nitrogens with one attached hydrogen (secondary N) is 1. The van der Waals surface area contributed by atoms with E-state index in [1.165, 1.54) is 25.5 Å². The molecule has 1 aromatic rings. The number of benzene rings is 1. The van der Waals surface area contributed by atoms with Gasteiger partial charge in [0.15, 0.2) is 5.75 Å². The predicted octanol–water partition coefficient (Wildman–Crippen LogP) is 0.606. The van der Waals surface area contributed by atoms with E-state index < -0.39 is 11.0 Å². The van der Waals surface area contributed by atoms with Crippen molar-refractivity contribution in [3.63, 3.8) is 0 Å². The predicted molar refractivity (Wildman–Crippen MR) is 60.0 cm³/mol. The Morgan fingerprint density at radius 3 is 2.88 bits per heavy atom. The molecule has 17 heavy (non-hydrogen) atoms. The average Bonchev–Trinajstić information content (AvgIpc) is 2.28. The summed E-state index contributed by atoms with van der Waals surface area (Å²) in [6.07, 6.45) is 1.23. The molecular formula is C9H10N4O4. The van der Waals surface area contributed by atoms with Crippen LogP contribution in [0.1, 0.15) is 5.56 Å². The van der Waals surface area contributed by atoms with E-state index in [1.807, 2.05) is 5.43 Å². The first-order valence-corrected chi connectivity index (χ1v) is 4.45. The fraction of sp³-hybridized carbons (Fsp3) is 0.111. The Morgan fingerprint density at radius 1 is 1.65 bits per heavy atom. The summed E-state index contributed by atoms with van der Waals surface area (Å²) in [5.74, 6) is 0.148. The van der Waals surface area contributed by atoms with E-state index in [4.69, 9.17) is 10.5 Å². The van der Waals surface area contributed by atoms with E-state index in [0.717, 1.165) is 0 Å². The summed E-state index contributed by atoms with van der Waals surface area (Å²) in [4.78, 5) is 20.5. The molecule has 0 aliphatic carbocycles. The third-order valence-corrected chi connectivity index (χ3v) is 1.79.